The number of alkyl halides is 3. The highest BCUT2D eigenvalue weighted by atomic mass is 19.4. The number of aromatic nitrogens is 3. The third-order valence-electron chi connectivity index (χ3n) is 2.76. The summed E-state index contributed by atoms with van der Waals surface area (Å²) in [6, 6.07) is 3.91. The van der Waals surface area contributed by atoms with Gasteiger partial charge >= 0.3 is 6.18 Å². The molecule has 0 aliphatic heterocycles. The molecule has 2 aromatic heterocycles. The Kier molecular flexibility index (Phi) is 2.01. The summed E-state index contributed by atoms with van der Waals surface area (Å²) >= 11 is 0. The monoisotopic (exact) mass is 252 g/mol. The van der Waals surface area contributed by atoms with Crippen LogP contribution in [0.15, 0.2) is 24.5 Å². The molecule has 1 aromatic carbocycles. The van der Waals surface area contributed by atoms with E-state index in [-0.39, 0.29) is 11.3 Å². The van der Waals surface area contributed by atoms with Gasteiger partial charge in [-0.1, -0.05) is 12.1 Å². The third kappa shape index (κ3) is 1.40. The molecule has 2 heterocycles. The van der Waals surface area contributed by atoms with Crippen molar-refractivity contribution in [3.63, 3.8) is 0 Å². The number of aromatic amines is 1. The Balaban J connectivity index is 2.51. The maximum Gasteiger partial charge on any atom is 0.418 e. The van der Waals surface area contributed by atoms with Crippen molar-refractivity contribution in [3.05, 3.63) is 30.1 Å². The Hall–Kier alpha value is -2.31. The van der Waals surface area contributed by atoms with Gasteiger partial charge in [0, 0.05) is 5.39 Å². The molecule has 0 unspecified atom stereocenters. The van der Waals surface area contributed by atoms with Crippen molar-refractivity contribution >= 4 is 27.8 Å². The minimum atomic E-state index is -4.43. The second kappa shape index (κ2) is 3.34. The summed E-state index contributed by atoms with van der Waals surface area (Å²) in [7, 11) is 0. The molecule has 4 nitrogen and oxygen atoms in total. The summed E-state index contributed by atoms with van der Waals surface area (Å²) in [4.78, 5) is 10.3. The topological polar surface area (TPSA) is 67.6 Å². The van der Waals surface area contributed by atoms with Crippen molar-refractivity contribution in [1.29, 1.82) is 0 Å². The van der Waals surface area contributed by atoms with Crippen molar-refractivity contribution in [2.45, 2.75) is 6.18 Å². The van der Waals surface area contributed by atoms with Gasteiger partial charge in [-0.05, 0) is 6.07 Å². The molecule has 3 rings (SSSR count). The van der Waals surface area contributed by atoms with Gasteiger partial charge in [-0.2, -0.15) is 13.2 Å². The number of fused-ring (bicyclic) bond motifs is 3. The molecule has 92 valence electrons. The molecular formula is C11H7F3N4. The predicted octanol–water partition coefficient (Wildman–Crippen LogP) is 2.71. The molecule has 0 spiro atoms. The fourth-order valence-electron chi connectivity index (χ4n) is 2.01. The Morgan fingerprint density at radius 2 is 1.94 bits per heavy atom. The first kappa shape index (κ1) is 10.8. The number of H-pyrrole nitrogens is 1. The molecule has 0 fully saturated rings. The molecule has 0 saturated heterocycles. The van der Waals surface area contributed by atoms with E-state index in [2.05, 4.69) is 15.0 Å². The van der Waals surface area contributed by atoms with E-state index in [9.17, 15) is 13.2 Å². The van der Waals surface area contributed by atoms with Crippen molar-refractivity contribution in [2.75, 3.05) is 5.73 Å². The Morgan fingerprint density at radius 3 is 2.67 bits per heavy atom. The number of nitrogens with one attached hydrogen (secondary N) is 1. The molecular weight excluding hydrogens is 245 g/mol. The van der Waals surface area contributed by atoms with E-state index in [0.717, 1.165) is 6.07 Å². The number of rotatable bonds is 0. The number of anilines is 1. The van der Waals surface area contributed by atoms with Crippen LogP contribution < -0.4 is 5.73 Å². The average molecular weight is 252 g/mol. The van der Waals surface area contributed by atoms with Crippen LogP contribution in [0, 0.1) is 0 Å². The summed E-state index contributed by atoms with van der Waals surface area (Å²) in [6.45, 7) is 0. The Labute approximate surface area is 98.6 Å². The van der Waals surface area contributed by atoms with Crippen molar-refractivity contribution in [2.24, 2.45) is 0 Å². The summed E-state index contributed by atoms with van der Waals surface area (Å²) in [5, 5.41) is 0.788. The minimum Gasteiger partial charge on any atom is -0.383 e. The lowest BCUT2D eigenvalue weighted by atomic mass is 10.1. The van der Waals surface area contributed by atoms with Crippen LogP contribution in [0.4, 0.5) is 19.0 Å². The Morgan fingerprint density at radius 1 is 1.17 bits per heavy atom. The van der Waals surface area contributed by atoms with Gasteiger partial charge in [0.05, 0.1) is 16.5 Å². The van der Waals surface area contributed by atoms with Gasteiger partial charge in [0.2, 0.25) is 0 Å². The highest BCUT2D eigenvalue weighted by molar-refractivity contribution is 6.11. The van der Waals surface area contributed by atoms with Gasteiger partial charge in [0.1, 0.15) is 17.8 Å². The van der Waals surface area contributed by atoms with E-state index in [1.54, 1.807) is 6.07 Å². The Bertz CT molecular complexity index is 745. The lowest BCUT2D eigenvalue weighted by Gasteiger charge is -2.07. The maximum absolute atomic E-state index is 12.9. The summed E-state index contributed by atoms with van der Waals surface area (Å²) < 4.78 is 38.6. The molecule has 0 atom stereocenters. The lowest BCUT2D eigenvalue weighted by Crippen LogP contribution is -2.05. The second-order valence-electron chi connectivity index (χ2n) is 3.83. The second-order valence-corrected chi connectivity index (χ2v) is 3.83. The van der Waals surface area contributed by atoms with E-state index < -0.39 is 11.7 Å². The molecule has 7 heteroatoms. The summed E-state index contributed by atoms with van der Waals surface area (Å²) in [5.41, 5.74) is 5.21. The molecule has 0 aliphatic carbocycles. The smallest absolute Gasteiger partial charge is 0.383 e. The minimum absolute atomic E-state index is 0.0211. The summed E-state index contributed by atoms with van der Waals surface area (Å²) in [6.07, 6.45) is -3.22. The van der Waals surface area contributed by atoms with Crippen LogP contribution >= 0.6 is 0 Å². The van der Waals surface area contributed by atoms with E-state index in [1.807, 2.05) is 0 Å². The number of nitrogen functional groups attached to an aromatic ring is 1. The predicted molar refractivity (Wildman–Crippen MR) is 60.8 cm³/mol. The average Bonchev–Trinajstić information content (AvgIpc) is 2.66. The van der Waals surface area contributed by atoms with Gasteiger partial charge in [0.15, 0.2) is 0 Å². The van der Waals surface area contributed by atoms with Crippen molar-refractivity contribution in [1.82, 2.24) is 15.0 Å². The fourth-order valence-corrected chi connectivity index (χ4v) is 2.01. The van der Waals surface area contributed by atoms with Gasteiger partial charge < -0.3 is 10.7 Å². The summed E-state index contributed by atoms with van der Waals surface area (Å²) in [5.74, 6) is 0.158. The molecule has 18 heavy (non-hydrogen) atoms. The normalized spacial score (nSPS) is 12.4. The van der Waals surface area contributed by atoms with Crippen LogP contribution in [-0.2, 0) is 6.18 Å². The highest BCUT2D eigenvalue weighted by Gasteiger charge is 2.33. The largest absolute Gasteiger partial charge is 0.418 e. The van der Waals surface area contributed by atoms with Crippen LogP contribution in [-0.4, -0.2) is 15.0 Å². The molecule has 0 saturated carbocycles. The van der Waals surface area contributed by atoms with E-state index in [0.29, 0.717) is 16.4 Å². The van der Waals surface area contributed by atoms with Crippen molar-refractivity contribution in [3.8, 4) is 0 Å². The third-order valence-corrected chi connectivity index (χ3v) is 2.76. The molecule has 0 aliphatic rings. The number of nitrogens with two attached hydrogens (primary N) is 1. The zero-order chi connectivity index (χ0) is 12.9. The van der Waals surface area contributed by atoms with Crippen molar-refractivity contribution < 1.29 is 13.2 Å². The first-order chi connectivity index (χ1) is 8.48. The lowest BCUT2D eigenvalue weighted by molar-refractivity contribution is -0.136. The highest BCUT2D eigenvalue weighted by Crippen LogP contribution is 2.37. The van der Waals surface area contributed by atoms with E-state index in [4.69, 9.17) is 5.73 Å². The van der Waals surface area contributed by atoms with Crippen LogP contribution in [0.2, 0.25) is 0 Å². The zero-order valence-corrected chi connectivity index (χ0v) is 8.92. The number of para-hydroxylation sites is 1. The molecule has 0 bridgehead atoms. The van der Waals surface area contributed by atoms with Gasteiger partial charge in [-0.15, -0.1) is 0 Å². The number of hydrogen-bond donors (Lipinski definition) is 2. The first-order valence-electron chi connectivity index (χ1n) is 5.06. The standard InChI is InChI=1S/C11H7F3N4/c12-11(13,14)6-3-1-2-5-7-9(15)16-4-17-10(7)18-8(5)6/h1-4H,(H3,15,16,17,18). The van der Waals surface area contributed by atoms with Crippen LogP contribution in [0.5, 0.6) is 0 Å². The molecule has 0 radical (unpaired) electrons. The van der Waals surface area contributed by atoms with Gasteiger partial charge in [-0.3, -0.25) is 0 Å². The SMILES string of the molecule is Nc1ncnc2[nH]c3c(C(F)(F)F)cccc3c12. The maximum atomic E-state index is 12.9. The number of nitrogens with zero attached hydrogens (tertiary/aromatic N) is 2. The first-order valence-corrected chi connectivity index (χ1v) is 5.06. The number of halogens is 3. The molecule has 3 N–H and O–H groups in total. The quantitative estimate of drug-likeness (QED) is 0.646. The van der Waals surface area contributed by atoms with Gasteiger partial charge in [-0.25, -0.2) is 9.97 Å². The van der Waals surface area contributed by atoms with E-state index in [1.165, 1.54) is 12.4 Å². The molecule has 3 aromatic rings. The number of hydrogen-bond acceptors (Lipinski definition) is 3. The van der Waals surface area contributed by atoms with Gasteiger partial charge in [0.25, 0.3) is 0 Å². The fraction of sp³-hybridized carbons (Fsp3) is 0.0909. The zero-order valence-electron chi connectivity index (χ0n) is 8.92. The van der Waals surface area contributed by atoms with Crippen LogP contribution in [0.3, 0.4) is 0 Å². The molecule has 0 amide bonds. The number of benzene rings is 1. The van der Waals surface area contributed by atoms with Crippen LogP contribution in [0.25, 0.3) is 21.9 Å². The van der Waals surface area contributed by atoms with E-state index >= 15 is 0 Å². The van der Waals surface area contributed by atoms with Crippen LogP contribution in [0.1, 0.15) is 5.56 Å².